The first kappa shape index (κ1) is 18.0. The van der Waals surface area contributed by atoms with Crippen LogP contribution in [0.5, 0.6) is 0 Å². The number of carbonyl (C=O) groups excluding carboxylic acids is 2. The molecule has 2 amide bonds. The largest absolute Gasteiger partial charge is 0.450 e. The number of alkyl halides is 3. The number of amides is 2. The van der Waals surface area contributed by atoms with Gasteiger partial charge in [0.15, 0.2) is 0 Å². The van der Waals surface area contributed by atoms with Crippen LogP contribution < -0.4 is 10.6 Å². The number of alkyl carbamates (subject to hydrolysis) is 1. The average molecular weight is 327 g/mol. The molecular formula is C14H12F3N3O3. The van der Waals surface area contributed by atoms with Crippen LogP contribution in [0.4, 0.5) is 23.7 Å². The highest BCUT2D eigenvalue weighted by Crippen LogP contribution is 2.30. The Balaban J connectivity index is 2.83. The molecule has 0 aromatic heterocycles. The smallest absolute Gasteiger partial charge is 0.416 e. The summed E-state index contributed by atoms with van der Waals surface area (Å²) in [5.74, 6) is -1.04. The minimum Gasteiger partial charge on any atom is -0.450 e. The molecule has 1 aromatic rings. The van der Waals surface area contributed by atoms with Crippen LogP contribution in [-0.2, 0) is 15.7 Å². The van der Waals surface area contributed by atoms with Crippen molar-refractivity contribution in [1.82, 2.24) is 5.32 Å². The second-order valence-electron chi connectivity index (χ2n) is 4.07. The molecule has 6 nitrogen and oxygen atoms in total. The average Bonchev–Trinajstić information content (AvgIpc) is 2.47. The summed E-state index contributed by atoms with van der Waals surface area (Å²) >= 11 is 0. The Morgan fingerprint density at radius 1 is 1.39 bits per heavy atom. The van der Waals surface area contributed by atoms with Crippen molar-refractivity contribution in [3.63, 3.8) is 0 Å². The summed E-state index contributed by atoms with van der Waals surface area (Å²) in [5, 5.41) is 13.0. The number of ether oxygens (including phenoxy) is 1. The van der Waals surface area contributed by atoms with Crippen LogP contribution >= 0.6 is 0 Å². The van der Waals surface area contributed by atoms with Crippen molar-refractivity contribution in [3.8, 4) is 6.07 Å². The highest BCUT2D eigenvalue weighted by molar-refractivity contribution is 6.05. The highest BCUT2D eigenvalue weighted by Gasteiger charge is 2.30. The molecule has 0 aliphatic heterocycles. The summed E-state index contributed by atoms with van der Waals surface area (Å²) < 4.78 is 42.2. The first-order valence-electron chi connectivity index (χ1n) is 6.30. The van der Waals surface area contributed by atoms with Crippen LogP contribution in [0.15, 0.2) is 36.0 Å². The molecule has 0 unspecified atom stereocenters. The number of hydrogen-bond acceptors (Lipinski definition) is 5. The molecule has 1 aromatic carbocycles. The zero-order chi connectivity index (χ0) is 17.5. The van der Waals surface area contributed by atoms with E-state index < -0.39 is 29.3 Å². The molecule has 1 rings (SSSR count). The number of imide groups is 1. The monoisotopic (exact) mass is 327 g/mol. The fourth-order valence-electron chi connectivity index (χ4n) is 1.42. The van der Waals surface area contributed by atoms with Crippen molar-refractivity contribution >= 4 is 17.7 Å². The number of nitrogens with zero attached hydrogens (tertiary/aromatic N) is 1. The van der Waals surface area contributed by atoms with E-state index in [1.165, 1.54) is 25.1 Å². The molecule has 0 spiro atoms. The second-order valence-corrected chi connectivity index (χ2v) is 4.07. The third kappa shape index (κ3) is 5.70. The van der Waals surface area contributed by atoms with E-state index in [0.717, 1.165) is 18.3 Å². The first-order valence-corrected chi connectivity index (χ1v) is 6.30. The molecule has 0 saturated heterocycles. The molecule has 0 aliphatic rings. The van der Waals surface area contributed by atoms with Crippen molar-refractivity contribution in [1.29, 1.82) is 5.26 Å². The van der Waals surface area contributed by atoms with Gasteiger partial charge in [0, 0.05) is 11.9 Å². The molecule has 122 valence electrons. The number of halogens is 3. The lowest BCUT2D eigenvalue weighted by molar-refractivity contribution is -0.137. The number of nitriles is 1. The fraction of sp³-hybridized carbons (Fsp3) is 0.214. The minimum atomic E-state index is -4.51. The van der Waals surface area contributed by atoms with E-state index in [1.54, 1.807) is 5.32 Å². The lowest BCUT2D eigenvalue weighted by Crippen LogP contribution is -2.32. The summed E-state index contributed by atoms with van der Waals surface area (Å²) in [6.45, 7) is 1.56. The summed E-state index contributed by atoms with van der Waals surface area (Å²) in [7, 11) is 0. The van der Waals surface area contributed by atoms with Gasteiger partial charge in [-0.15, -0.1) is 0 Å². The predicted molar refractivity (Wildman–Crippen MR) is 73.9 cm³/mol. The number of rotatable bonds is 4. The molecule has 0 saturated carbocycles. The van der Waals surface area contributed by atoms with Gasteiger partial charge in [-0.2, -0.15) is 18.4 Å². The van der Waals surface area contributed by atoms with Crippen molar-refractivity contribution in [2.75, 3.05) is 11.9 Å². The Labute approximate surface area is 129 Å². The van der Waals surface area contributed by atoms with E-state index >= 15 is 0 Å². The third-order valence-corrected chi connectivity index (χ3v) is 2.43. The first-order chi connectivity index (χ1) is 10.8. The summed E-state index contributed by atoms with van der Waals surface area (Å²) in [5.41, 5.74) is -1.36. The van der Waals surface area contributed by atoms with Gasteiger partial charge in [0.25, 0.3) is 5.91 Å². The normalized spacial score (nSPS) is 11.3. The van der Waals surface area contributed by atoms with Gasteiger partial charge in [-0.05, 0) is 25.1 Å². The third-order valence-electron chi connectivity index (χ3n) is 2.43. The molecule has 0 radical (unpaired) electrons. The predicted octanol–water partition coefficient (Wildman–Crippen LogP) is 2.80. The Hall–Kier alpha value is -3.02. The van der Waals surface area contributed by atoms with E-state index in [-0.39, 0.29) is 12.3 Å². The number of nitrogens with one attached hydrogen (secondary N) is 2. The quantitative estimate of drug-likeness (QED) is 0.655. The standard InChI is InChI=1S/C14H12F3N3O3/c1-2-23-13(22)20-12(21)9(7-18)8-19-11-5-3-4-10(6-11)14(15,16)17/h3-6,8,19H,2H2,1H3,(H,20,21,22). The summed E-state index contributed by atoms with van der Waals surface area (Å²) in [4.78, 5) is 22.7. The molecule has 2 N–H and O–H groups in total. The van der Waals surface area contributed by atoms with E-state index in [9.17, 15) is 22.8 Å². The Morgan fingerprint density at radius 3 is 2.65 bits per heavy atom. The lowest BCUT2D eigenvalue weighted by atomic mass is 10.2. The number of hydrogen-bond donors (Lipinski definition) is 2. The second kappa shape index (κ2) is 7.84. The highest BCUT2D eigenvalue weighted by atomic mass is 19.4. The maximum Gasteiger partial charge on any atom is 0.416 e. The van der Waals surface area contributed by atoms with E-state index in [1.807, 2.05) is 0 Å². The van der Waals surface area contributed by atoms with Gasteiger partial charge in [0.2, 0.25) is 0 Å². The van der Waals surface area contributed by atoms with Crippen LogP contribution in [0.1, 0.15) is 12.5 Å². The van der Waals surface area contributed by atoms with E-state index in [2.05, 4.69) is 10.1 Å². The van der Waals surface area contributed by atoms with E-state index in [4.69, 9.17) is 5.26 Å². The molecule has 0 aliphatic carbocycles. The van der Waals surface area contributed by atoms with Gasteiger partial charge < -0.3 is 10.1 Å². The maximum absolute atomic E-state index is 12.6. The van der Waals surface area contributed by atoms with Gasteiger partial charge in [-0.1, -0.05) is 6.07 Å². The number of anilines is 1. The van der Waals surface area contributed by atoms with Crippen LogP contribution in [0.3, 0.4) is 0 Å². The number of benzene rings is 1. The molecule has 0 fully saturated rings. The van der Waals surface area contributed by atoms with Gasteiger partial charge in [-0.25, -0.2) is 4.79 Å². The van der Waals surface area contributed by atoms with Gasteiger partial charge in [-0.3, -0.25) is 10.1 Å². The number of carbonyl (C=O) groups is 2. The molecular weight excluding hydrogens is 315 g/mol. The van der Waals surface area contributed by atoms with Crippen LogP contribution in [0.2, 0.25) is 0 Å². The van der Waals surface area contributed by atoms with Crippen molar-refractivity contribution in [2.24, 2.45) is 0 Å². The Kier molecular flexibility index (Phi) is 6.14. The van der Waals surface area contributed by atoms with Crippen LogP contribution in [0, 0.1) is 11.3 Å². The lowest BCUT2D eigenvalue weighted by Gasteiger charge is -2.08. The van der Waals surface area contributed by atoms with Crippen molar-refractivity contribution in [2.45, 2.75) is 13.1 Å². The van der Waals surface area contributed by atoms with Gasteiger partial charge in [0.05, 0.1) is 12.2 Å². The maximum atomic E-state index is 12.6. The molecule has 23 heavy (non-hydrogen) atoms. The van der Waals surface area contributed by atoms with Gasteiger partial charge in [0.1, 0.15) is 11.6 Å². The fourth-order valence-corrected chi connectivity index (χ4v) is 1.42. The molecule has 0 bridgehead atoms. The van der Waals surface area contributed by atoms with Crippen LogP contribution in [0.25, 0.3) is 0 Å². The molecule has 0 atom stereocenters. The molecule has 0 heterocycles. The zero-order valence-corrected chi connectivity index (χ0v) is 11.9. The summed E-state index contributed by atoms with van der Waals surface area (Å²) in [6, 6.07) is 5.71. The SMILES string of the molecule is CCOC(=O)NC(=O)C(C#N)=CNc1cccc(C(F)(F)F)c1. The van der Waals surface area contributed by atoms with E-state index in [0.29, 0.717) is 0 Å². The Morgan fingerprint density at radius 2 is 2.09 bits per heavy atom. The van der Waals surface area contributed by atoms with Crippen molar-refractivity contribution in [3.05, 3.63) is 41.6 Å². The topological polar surface area (TPSA) is 91.2 Å². The van der Waals surface area contributed by atoms with Crippen molar-refractivity contribution < 1.29 is 27.5 Å². The summed E-state index contributed by atoms with van der Waals surface area (Å²) in [6.07, 6.45) is -4.65. The van der Waals surface area contributed by atoms with Gasteiger partial charge >= 0.3 is 12.3 Å². The zero-order valence-electron chi connectivity index (χ0n) is 11.9. The Bertz CT molecular complexity index is 663. The molecule has 9 heteroatoms. The minimum absolute atomic E-state index is 0.0245. The van der Waals surface area contributed by atoms with Crippen LogP contribution in [-0.4, -0.2) is 18.6 Å².